The van der Waals surface area contributed by atoms with Crippen molar-refractivity contribution in [2.45, 2.75) is 51.1 Å². The molecule has 2 atom stereocenters. The van der Waals surface area contributed by atoms with Gasteiger partial charge in [-0.15, -0.1) is 0 Å². The first-order valence-corrected chi connectivity index (χ1v) is 12.8. The fourth-order valence-corrected chi connectivity index (χ4v) is 6.23. The van der Waals surface area contributed by atoms with Gasteiger partial charge in [0.25, 0.3) is 0 Å². The van der Waals surface area contributed by atoms with E-state index >= 15 is 0 Å². The lowest BCUT2D eigenvalue weighted by atomic mass is 9.80. The summed E-state index contributed by atoms with van der Waals surface area (Å²) in [5, 5.41) is 3.80. The van der Waals surface area contributed by atoms with Gasteiger partial charge in [-0.1, -0.05) is 18.1 Å². The highest BCUT2D eigenvalue weighted by molar-refractivity contribution is 5.51. The first-order valence-electron chi connectivity index (χ1n) is 12.8. The molecule has 188 valence electrons. The molecule has 5 rings (SSSR count). The molecule has 0 aliphatic carbocycles. The van der Waals surface area contributed by atoms with Crippen LogP contribution in [0.4, 0.5) is 0 Å². The molecule has 2 aromatic carbocycles. The van der Waals surface area contributed by atoms with Crippen LogP contribution in [0.25, 0.3) is 0 Å². The highest BCUT2D eigenvalue weighted by atomic mass is 16.5. The Bertz CT molecular complexity index is 1130. The number of ether oxygens (including phenoxy) is 4. The summed E-state index contributed by atoms with van der Waals surface area (Å²) in [4.78, 5) is 2.66. The largest absolute Gasteiger partial charge is 0.493 e. The van der Waals surface area contributed by atoms with Crippen LogP contribution in [0.5, 0.6) is 23.0 Å². The van der Waals surface area contributed by atoms with Crippen LogP contribution in [0.2, 0.25) is 0 Å². The molecule has 35 heavy (non-hydrogen) atoms. The fraction of sp³-hybridized carbons (Fsp3) is 0.517. The van der Waals surface area contributed by atoms with Gasteiger partial charge in [-0.05, 0) is 85.2 Å². The Morgan fingerprint density at radius 2 is 1.40 bits per heavy atom. The zero-order chi connectivity index (χ0) is 24.5. The van der Waals surface area contributed by atoms with Crippen molar-refractivity contribution in [3.8, 4) is 23.0 Å². The summed E-state index contributed by atoms with van der Waals surface area (Å²) in [6.45, 7) is 5.43. The van der Waals surface area contributed by atoms with Crippen LogP contribution in [0.15, 0.2) is 35.4 Å². The van der Waals surface area contributed by atoms with Crippen LogP contribution < -0.4 is 24.3 Å². The molecule has 0 spiro atoms. The van der Waals surface area contributed by atoms with Crippen LogP contribution >= 0.6 is 0 Å². The molecule has 0 fully saturated rings. The molecule has 6 nitrogen and oxygen atoms in total. The number of hydrogen-bond acceptors (Lipinski definition) is 6. The van der Waals surface area contributed by atoms with Gasteiger partial charge >= 0.3 is 0 Å². The van der Waals surface area contributed by atoms with E-state index < -0.39 is 0 Å². The van der Waals surface area contributed by atoms with E-state index in [9.17, 15) is 0 Å². The first kappa shape index (κ1) is 24.0. The smallest absolute Gasteiger partial charge is 0.161 e. The number of hydrogen-bond donors (Lipinski definition) is 1. The minimum absolute atomic E-state index is 0.287. The minimum atomic E-state index is 0.287. The van der Waals surface area contributed by atoms with Crippen LogP contribution in [0, 0.1) is 0 Å². The monoisotopic (exact) mass is 478 g/mol. The van der Waals surface area contributed by atoms with E-state index in [1.54, 1.807) is 39.6 Å². The van der Waals surface area contributed by atoms with Gasteiger partial charge in [0.2, 0.25) is 0 Å². The third-order valence-electron chi connectivity index (χ3n) is 8.13. The number of nitrogens with one attached hydrogen (secondary N) is 1. The molecular formula is C29H38N2O4. The van der Waals surface area contributed by atoms with Crippen molar-refractivity contribution in [3.63, 3.8) is 0 Å². The van der Waals surface area contributed by atoms with Gasteiger partial charge in [0.15, 0.2) is 23.0 Å². The second-order valence-electron chi connectivity index (χ2n) is 9.77. The summed E-state index contributed by atoms with van der Waals surface area (Å²) in [5.41, 5.74) is 8.68. The topological polar surface area (TPSA) is 52.2 Å². The number of methoxy groups -OCH3 is 4. The Labute approximate surface area is 209 Å². The van der Waals surface area contributed by atoms with Gasteiger partial charge in [0, 0.05) is 25.2 Å². The number of rotatable bonds is 7. The number of benzene rings is 2. The Kier molecular flexibility index (Phi) is 6.94. The Morgan fingerprint density at radius 3 is 2.03 bits per heavy atom. The highest BCUT2D eigenvalue weighted by Gasteiger charge is 2.35. The lowest BCUT2D eigenvalue weighted by Crippen LogP contribution is -2.40. The van der Waals surface area contributed by atoms with Crippen molar-refractivity contribution in [1.29, 1.82) is 0 Å². The summed E-state index contributed by atoms with van der Waals surface area (Å²) in [6, 6.07) is 9.41. The highest BCUT2D eigenvalue weighted by Crippen LogP contribution is 2.46. The van der Waals surface area contributed by atoms with Crippen molar-refractivity contribution in [2.75, 3.05) is 48.1 Å². The molecule has 1 N–H and O–H groups in total. The molecule has 0 saturated heterocycles. The van der Waals surface area contributed by atoms with Crippen molar-refractivity contribution in [2.24, 2.45) is 0 Å². The van der Waals surface area contributed by atoms with Gasteiger partial charge in [0.1, 0.15) is 0 Å². The molecule has 3 aliphatic rings. The predicted molar refractivity (Wildman–Crippen MR) is 138 cm³/mol. The molecule has 3 aliphatic heterocycles. The van der Waals surface area contributed by atoms with E-state index in [0.717, 1.165) is 74.7 Å². The van der Waals surface area contributed by atoms with E-state index in [4.69, 9.17) is 18.9 Å². The Morgan fingerprint density at radius 1 is 0.800 bits per heavy atom. The predicted octanol–water partition coefficient (Wildman–Crippen LogP) is 5.01. The van der Waals surface area contributed by atoms with Crippen LogP contribution in [0.3, 0.4) is 0 Å². The van der Waals surface area contributed by atoms with Crippen molar-refractivity contribution in [1.82, 2.24) is 10.2 Å². The molecule has 3 heterocycles. The lowest BCUT2D eigenvalue weighted by molar-refractivity contribution is 0.181. The van der Waals surface area contributed by atoms with Crippen LogP contribution in [-0.4, -0.2) is 53.0 Å². The third-order valence-corrected chi connectivity index (χ3v) is 8.13. The average molecular weight is 479 g/mol. The maximum absolute atomic E-state index is 5.66. The second kappa shape index (κ2) is 10.1. The van der Waals surface area contributed by atoms with E-state index in [1.165, 1.54) is 22.3 Å². The first-order chi connectivity index (χ1) is 17.1. The maximum atomic E-state index is 5.66. The van der Waals surface area contributed by atoms with Crippen LogP contribution in [0.1, 0.15) is 60.5 Å². The number of fused-ring (bicyclic) bond motifs is 4. The molecular weight excluding hydrogens is 440 g/mol. The Balaban J connectivity index is 1.46. The van der Waals surface area contributed by atoms with Gasteiger partial charge < -0.3 is 24.3 Å². The van der Waals surface area contributed by atoms with E-state index in [-0.39, 0.29) is 6.04 Å². The zero-order valence-electron chi connectivity index (χ0n) is 21.7. The van der Waals surface area contributed by atoms with Gasteiger partial charge in [-0.2, -0.15) is 0 Å². The summed E-state index contributed by atoms with van der Waals surface area (Å²) < 4.78 is 22.5. The second-order valence-corrected chi connectivity index (χ2v) is 9.77. The lowest BCUT2D eigenvalue weighted by Gasteiger charge is -2.43. The molecule has 0 radical (unpaired) electrons. The van der Waals surface area contributed by atoms with Gasteiger partial charge in [-0.3, -0.25) is 4.90 Å². The van der Waals surface area contributed by atoms with E-state index in [1.807, 2.05) is 0 Å². The summed E-state index contributed by atoms with van der Waals surface area (Å²) in [6.07, 6.45) is 5.25. The van der Waals surface area contributed by atoms with Crippen molar-refractivity contribution >= 4 is 0 Å². The quantitative estimate of drug-likeness (QED) is 0.565. The molecule has 6 heteroatoms. The van der Waals surface area contributed by atoms with E-state index in [0.29, 0.717) is 6.04 Å². The molecule has 0 amide bonds. The fourth-order valence-electron chi connectivity index (χ4n) is 6.23. The maximum Gasteiger partial charge on any atom is 0.161 e. The minimum Gasteiger partial charge on any atom is -0.493 e. The van der Waals surface area contributed by atoms with E-state index in [2.05, 4.69) is 41.4 Å². The average Bonchev–Trinajstić information content (AvgIpc) is 2.91. The summed E-state index contributed by atoms with van der Waals surface area (Å²) in [5.74, 6) is 3.27. The normalized spacial score (nSPS) is 21.6. The van der Waals surface area contributed by atoms with Gasteiger partial charge in [0.05, 0.1) is 28.4 Å². The molecule has 0 bridgehead atoms. The number of nitrogens with zero attached hydrogens (tertiary/aromatic N) is 1. The molecule has 0 unspecified atom stereocenters. The zero-order valence-corrected chi connectivity index (χ0v) is 21.7. The molecule has 0 saturated carbocycles. The summed E-state index contributed by atoms with van der Waals surface area (Å²) >= 11 is 0. The van der Waals surface area contributed by atoms with Gasteiger partial charge in [-0.25, -0.2) is 0 Å². The molecule has 0 aromatic heterocycles. The summed E-state index contributed by atoms with van der Waals surface area (Å²) in [7, 11) is 6.86. The Hall–Kier alpha value is -2.70. The third kappa shape index (κ3) is 4.38. The van der Waals surface area contributed by atoms with Crippen molar-refractivity contribution < 1.29 is 18.9 Å². The van der Waals surface area contributed by atoms with Crippen LogP contribution in [-0.2, 0) is 12.8 Å². The SMILES string of the molecule is CCC1=C(C[C@@H]2NCCc3cc(OC)c(OC)cc32)C[C@H]2c3cc(OC)c(OC)cc3CCN2C1. The van der Waals surface area contributed by atoms with Crippen molar-refractivity contribution in [3.05, 3.63) is 57.7 Å². The standard InChI is InChI=1S/C29H38N2O4/c1-6-18-17-31-10-8-20-14-27(33-3)29(35-5)16-23(20)25(31)12-21(18)11-24-22-15-28(34-4)26(32-2)13-19(22)7-9-30-24/h13-16,24-25,30H,6-12,17H2,1-5H3/t24-,25-/m0/s1. The molecule has 2 aromatic rings.